The van der Waals surface area contributed by atoms with Crippen LogP contribution >= 0.6 is 0 Å². The van der Waals surface area contributed by atoms with Gasteiger partial charge in [-0.05, 0) is 70.1 Å². The zero-order valence-electron chi connectivity index (χ0n) is 26.4. The number of rotatable bonds is 0. The first-order valence-corrected chi connectivity index (χ1v) is 12.2. The van der Waals surface area contributed by atoms with Crippen molar-refractivity contribution in [1.82, 2.24) is 0 Å². The third kappa shape index (κ3) is 16.9. The highest BCUT2D eigenvalue weighted by atomic mass is 19.4. The molecule has 0 aliphatic carbocycles. The molecule has 0 bridgehead atoms. The van der Waals surface area contributed by atoms with Gasteiger partial charge in [0.15, 0.2) is 5.60 Å². The van der Waals surface area contributed by atoms with Crippen molar-refractivity contribution in [3.8, 4) is 0 Å². The predicted octanol–water partition coefficient (Wildman–Crippen LogP) is 7.76. The lowest BCUT2D eigenvalue weighted by atomic mass is 9.77. The average Bonchev–Trinajstić information content (AvgIpc) is 2.39. The van der Waals surface area contributed by atoms with Gasteiger partial charge in [-0.15, -0.1) is 0 Å². The Labute approximate surface area is 215 Å². The first kappa shape index (κ1) is 41.7. The molecule has 0 amide bonds. The van der Waals surface area contributed by atoms with Gasteiger partial charge in [0, 0.05) is 0 Å². The molecule has 1 atom stereocenters. The van der Waals surface area contributed by atoms with Crippen molar-refractivity contribution in [2.45, 2.75) is 160 Å². The SMILES string of the molecule is CC(C)(C)C(C)(C)O.CC(C)(C)C(C)(C)O.CC(C)(C)C(C)(C)O.CC(C)(C)C(C)(O)C(F)(F)F. The number of hydrogen-bond acceptors (Lipinski definition) is 4. The summed E-state index contributed by atoms with van der Waals surface area (Å²) in [4.78, 5) is 0. The Balaban J connectivity index is -0.000000185. The highest BCUT2D eigenvalue weighted by Gasteiger charge is 2.56. The Kier molecular flexibility index (Phi) is 14.8. The minimum atomic E-state index is -4.56. The van der Waals surface area contributed by atoms with Crippen LogP contribution in [-0.4, -0.2) is 49.0 Å². The van der Waals surface area contributed by atoms with E-state index in [1.165, 1.54) is 20.8 Å². The molecule has 4 nitrogen and oxygen atoms in total. The fourth-order valence-corrected chi connectivity index (χ4v) is 0.425. The van der Waals surface area contributed by atoms with Crippen LogP contribution < -0.4 is 0 Å². The highest BCUT2D eigenvalue weighted by molar-refractivity contribution is 4.92. The molecule has 7 heteroatoms. The van der Waals surface area contributed by atoms with E-state index in [9.17, 15) is 28.5 Å². The van der Waals surface area contributed by atoms with Gasteiger partial charge < -0.3 is 20.4 Å². The normalized spacial score (nSPS) is 15.9. The van der Waals surface area contributed by atoms with Crippen LogP contribution in [0.2, 0.25) is 0 Å². The zero-order valence-corrected chi connectivity index (χ0v) is 26.4. The molecule has 4 N–H and O–H groups in total. The van der Waals surface area contributed by atoms with E-state index < -0.39 is 34.0 Å². The van der Waals surface area contributed by atoms with Crippen molar-refractivity contribution in [1.29, 1.82) is 0 Å². The van der Waals surface area contributed by atoms with E-state index in [1.54, 1.807) is 0 Å². The number of hydrogen-bond donors (Lipinski definition) is 4. The molecule has 0 aromatic rings. The monoisotopic (exact) mass is 518 g/mol. The number of alkyl halides is 3. The van der Waals surface area contributed by atoms with Gasteiger partial charge in [-0.1, -0.05) is 83.1 Å². The van der Waals surface area contributed by atoms with E-state index in [2.05, 4.69) is 0 Å². The van der Waals surface area contributed by atoms with Crippen LogP contribution in [0.15, 0.2) is 0 Å². The molecule has 0 spiro atoms. The largest absolute Gasteiger partial charge is 0.417 e. The van der Waals surface area contributed by atoms with Crippen LogP contribution in [0.4, 0.5) is 13.2 Å². The van der Waals surface area contributed by atoms with Gasteiger partial charge in [-0.2, -0.15) is 13.2 Å². The molecule has 218 valence electrons. The van der Waals surface area contributed by atoms with Gasteiger partial charge in [0.25, 0.3) is 0 Å². The maximum Gasteiger partial charge on any atom is 0.417 e. The second-order valence-electron chi connectivity index (χ2n) is 15.2. The lowest BCUT2D eigenvalue weighted by Crippen LogP contribution is -2.52. The number of aliphatic hydroxyl groups is 4. The van der Waals surface area contributed by atoms with Crippen molar-refractivity contribution in [3.05, 3.63) is 0 Å². The number of halogens is 3. The van der Waals surface area contributed by atoms with Crippen molar-refractivity contribution in [2.24, 2.45) is 21.7 Å². The van der Waals surface area contributed by atoms with Crippen molar-refractivity contribution < 1.29 is 33.6 Å². The summed E-state index contributed by atoms with van der Waals surface area (Å²) in [6.07, 6.45) is -4.56. The Morgan fingerprint density at radius 2 is 0.429 bits per heavy atom. The molecule has 0 heterocycles. The first-order chi connectivity index (χ1) is 14.2. The van der Waals surface area contributed by atoms with Gasteiger partial charge in [-0.3, -0.25) is 0 Å². The molecule has 0 aliphatic rings. The minimum Gasteiger partial charge on any atom is -0.390 e. The minimum absolute atomic E-state index is 0.00694. The summed E-state index contributed by atoms with van der Waals surface area (Å²) in [5, 5.41) is 37.1. The lowest BCUT2D eigenvalue weighted by Gasteiger charge is -2.38. The van der Waals surface area contributed by atoms with Crippen LogP contribution in [-0.2, 0) is 0 Å². The van der Waals surface area contributed by atoms with Crippen LogP contribution in [0, 0.1) is 21.7 Å². The summed E-state index contributed by atoms with van der Waals surface area (Å²) in [5.74, 6) is 0. The van der Waals surface area contributed by atoms with Crippen molar-refractivity contribution in [3.63, 3.8) is 0 Å². The van der Waals surface area contributed by atoms with Crippen molar-refractivity contribution >= 4 is 0 Å². The second kappa shape index (κ2) is 12.4. The average molecular weight is 519 g/mol. The molecule has 0 rings (SSSR count). The van der Waals surface area contributed by atoms with Gasteiger partial charge in [0.05, 0.1) is 16.8 Å². The molecule has 0 saturated heterocycles. The fourth-order valence-electron chi connectivity index (χ4n) is 0.425. The van der Waals surface area contributed by atoms with E-state index in [1.807, 2.05) is 104 Å². The van der Waals surface area contributed by atoms with Gasteiger partial charge in [-0.25, -0.2) is 0 Å². The summed E-state index contributed by atoms with van der Waals surface area (Å²) in [5.41, 5.74) is -5.52. The Morgan fingerprint density at radius 1 is 0.314 bits per heavy atom. The van der Waals surface area contributed by atoms with Crippen LogP contribution in [0.1, 0.15) is 132 Å². The fraction of sp³-hybridized carbons (Fsp3) is 1.00. The van der Waals surface area contributed by atoms with E-state index in [-0.39, 0.29) is 16.2 Å². The van der Waals surface area contributed by atoms with Gasteiger partial charge in [0.1, 0.15) is 0 Å². The third-order valence-electron chi connectivity index (χ3n) is 7.52. The summed E-state index contributed by atoms with van der Waals surface area (Å²) in [6.45, 7) is 34.0. The van der Waals surface area contributed by atoms with Gasteiger partial charge in [0.2, 0.25) is 0 Å². The summed E-state index contributed by atoms with van der Waals surface area (Å²) < 4.78 is 36.2. The molecule has 0 aromatic heterocycles. The summed E-state index contributed by atoms with van der Waals surface area (Å²) >= 11 is 0. The molecule has 35 heavy (non-hydrogen) atoms. The van der Waals surface area contributed by atoms with E-state index >= 15 is 0 Å². The van der Waals surface area contributed by atoms with E-state index in [0.29, 0.717) is 0 Å². The molecule has 0 fully saturated rings. The van der Waals surface area contributed by atoms with Gasteiger partial charge >= 0.3 is 6.18 Å². The van der Waals surface area contributed by atoms with E-state index in [4.69, 9.17) is 5.11 Å². The molecule has 1 unspecified atom stereocenters. The molecular weight excluding hydrogens is 457 g/mol. The maximum absolute atomic E-state index is 12.1. The molecule has 0 saturated carbocycles. The zero-order chi connectivity index (χ0) is 30.5. The lowest BCUT2D eigenvalue weighted by molar-refractivity contribution is -0.286. The Bertz CT molecular complexity index is 465. The van der Waals surface area contributed by atoms with Crippen LogP contribution in [0.25, 0.3) is 0 Å². The van der Waals surface area contributed by atoms with Crippen LogP contribution in [0.3, 0.4) is 0 Å². The summed E-state index contributed by atoms with van der Waals surface area (Å²) in [7, 11) is 0. The summed E-state index contributed by atoms with van der Waals surface area (Å²) in [6, 6.07) is 0. The molecule has 0 aliphatic heterocycles. The van der Waals surface area contributed by atoms with Crippen molar-refractivity contribution in [2.75, 3.05) is 0 Å². The molecule has 0 aromatic carbocycles. The smallest absolute Gasteiger partial charge is 0.390 e. The second-order valence-corrected chi connectivity index (χ2v) is 15.2. The molecular formula is C28H61F3O4. The quantitative estimate of drug-likeness (QED) is 0.264. The molecule has 0 radical (unpaired) electrons. The predicted molar refractivity (Wildman–Crippen MR) is 143 cm³/mol. The first-order valence-electron chi connectivity index (χ1n) is 12.2. The maximum atomic E-state index is 12.1. The third-order valence-corrected chi connectivity index (χ3v) is 7.52. The topological polar surface area (TPSA) is 80.9 Å². The Morgan fingerprint density at radius 3 is 0.429 bits per heavy atom. The Hall–Kier alpha value is -0.370. The van der Waals surface area contributed by atoms with Crippen LogP contribution in [0.5, 0.6) is 0 Å². The van der Waals surface area contributed by atoms with E-state index in [0.717, 1.165) is 6.92 Å². The highest BCUT2D eigenvalue weighted by Crippen LogP contribution is 2.42. The standard InChI is InChI=1S/C7H13F3O.3C7H16O/c1-5(2,3)6(4,11)7(8,9)10;3*1-6(2,3)7(4,5)8/h11H,1-4H3;3*8H,1-5H3.